The minimum absolute atomic E-state index is 0.0408. The number of hydrogen-bond acceptors (Lipinski definition) is 5. The van der Waals surface area contributed by atoms with Crippen LogP contribution in [0.1, 0.15) is 48.4 Å². The summed E-state index contributed by atoms with van der Waals surface area (Å²) >= 11 is 0. The van der Waals surface area contributed by atoms with Crippen LogP contribution < -0.4 is 4.74 Å². The van der Waals surface area contributed by atoms with E-state index < -0.39 is 40.6 Å². The summed E-state index contributed by atoms with van der Waals surface area (Å²) in [5, 5.41) is 28.1. The first-order valence-electron chi connectivity index (χ1n) is 7.37. The second kappa shape index (κ2) is 7.06. The average molecular weight is 358 g/mol. The van der Waals surface area contributed by atoms with E-state index in [1.807, 2.05) is 0 Å². The van der Waals surface area contributed by atoms with Crippen molar-refractivity contribution in [1.82, 2.24) is 0 Å². The normalized spacial score (nSPS) is 10.3. The second-order valence-electron chi connectivity index (χ2n) is 5.13. The number of ether oxygens (including phenoxy) is 1. The summed E-state index contributed by atoms with van der Waals surface area (Å²) in [6.45, 7) is 4.84. The minimum atomic E-state index is -1.59. The molecule has 8 heteroatoms. The summed E-state index contributed by atoms with van der Waals surface area (Å²) in [7, 11) is 0. The number of fused-ring (bicyclic) bond motifs is 1. The molecule has 0 atom stereocenters. The summed E-state index contributed by atoms with van der Waals surface area (Å²) < 4.78 is 5.29. The van der Waals surface area contributed by atoms with E-state index in [2.05, 4.69) is 6.58 Å². The third kappa shape index (κ3) is 3.00. The van der Waals surface area contributed by atoms with Gasteiger partial charge in [-0.2, -0.15) is 0 Å². The van der Waals surface area contributed by atoms with E-state index in [4.69, 9.17) is 4.74 Å². The Morgan fingerprint density at radius 2 is 1.58 bits per heavy atom. The molecule has 0 bridgehead atoms. The van der Waals surface area contributed by atoms with Crippen LogP contribution in [0.2, 0.25) is 0 Å². The number of carboxylic acids is 3. The van der Waals surface area contributed by atoms with Gasteiger partial charge in [-0.1, -0.05) is 12.6 Å². The van der Waals surface area contributed by atoms with Gasteiger partial charge in [-0.3, -0.25) is 4.79 Å². The van der Waals surface area contributed by atoms with Gasteiger partial charge in [0.15, 0.2) is 5.78 Å². The van der Waals surface area contributed by atoms with Crippen LogP contribution in [0, 0.1) is 0 Å². The zero-order valence-electron chi connectivity index (χ0n) is 13.6. The molecule has 0 unspecified atom stereocenters. The average Bonchev–Trinajstić information content (AvgIpc) is 2.59. The quantitative estimate of drug-likeness (QED) is 0.507. The fourth-order valence-corrected chi connectivity index (χ4v) is 2.66. The Labute approximate surface area is 146 Å². The number of ketones is 1. The lowest BCUT2D eigenvalue weighted by Crippen LogP contribution is -2.16. The maximum Gasteiger partial charge on any atom is 0.340 e. The van der Waals surface area contributed by atoms with Crippen molar-refractivity contribution < 1.29 is 39.2 Å². The van der Waals surface area contributed by atoms with Crippen LogP contribution in [-0.4, -0.2) is 45.6 Å². The number of carboxylic acid groups (broad SMARTS) is 3. The van der Waals surface area contributed by atoms with Crippen LogP contribution in [0.25, 0.3) is 10.8 Å². The van der Waals surface area contributed by atoms with Crippen molar-refractivity contribution in [3.63, 3.8) is 0 Å². The first-order valence-corrected chi connectivity index (χ1v) is 7.37. The highest BCUT2D eigenvalue weighted by Crippen LogP contribution is 2.37. The Morgan fingerprint density at radius 1 is 0.962 bits per heavy atom. The van der Waals surface area contributed by atoms with Crippen molar-refractivity contribution in [2.45, 2.75) is 6.92 Å². The first-order chi connectivity index (χ1) is 12.2. The molecule has 2 aromatic rings. The summed E-state index contributed by atoms with van der Waals surface area (Å²) in [4.78, 5) is 47.1. The first kappa shape index (κ1) is 18.7. The minimum Gasteiger partial charge on any atom is -0.492 e. The molecule has 0 aromatic heterocycles. The number of hydrogen-bond donors (Lipinski definition) is 3. The van der Waals surface area contributed by atoms with E-state index in [0.29, 0.717) is 0 Å². The zero-order valence-corrected chi connectivity index (χ0v) is 13.6. The van der Waals surface area contributed by atoms with Crippen LogP contribution in [0.3, 0.4) is 0 Å². The molecule has 0 radical (unpaired) electrons. The van der Waals surface area contributed by atoms with E-state index in [1.54, 1.807) is 0 Å². The highest BCUT2D eigenvalue weighted by molar-refractivity contribution is 6.23. The molecule has 0 saturated heterocycles. The molecule has 3 N–H and O–H groups in total. The van der Waals surface area contributed by atoms with Crippen molar-refractivity contribution in [2.24, 2.45) is 0 Å². The van der Waals surface area contributed by atoms with Gasteiger partial charge >= 0.3 is 17.9 Å². The number of benzene rings is 2. The molecular formula is C18H14O8. The van der Waals surface area contributed by atoms with E-state index in [0.717, 1.165) is 24.3 Å². The Bertz CT molecular complexity index is 971. The molecule has 0 fully saturated rings. The number of carbonyl (C=O) groups is 4. The number of allylic oxidation sites excluding steroid dienone is 1. The summed E-state index contributed by atoms with van der Waals surface area (Å²) in [6.07, 6.45) is 0.913. The molecular weight excluding hydrogens is 344 g/mol. The molecule has 0 amide bonds. The lowest BCUT2D eigenvalue weighted by atomic mass is 9.90. The summed E-state index contributed by atoms with van der Waals surface area (Å²) in [5.41, 5.74) is -1.71. The Morgan fingerprint density at radius 3 is 2.04 bits per heavy atom. The van der Waals surface area contributed by atoms with Gasteiger partial charge in [0.1, 0.15) is 11.3 Å². The highest BCUT2D eigenvalue weighted by atomic mass is 16.5. The standard InChI is InChI=1S/C18H14O8/c1-3-11(19)12-10-7-8(16(20)21)5-6-9(10)13(17(22)23)14(18(24)25)15(12)26-4-2/h3,5-7H,1,4H2,2H3,(H,20,21)(H,22,23)(H,24,25). The van der Waals surface area contributed by atoms with Gasteiger partial charge < -0.3 is 20.1 Å². The molecule has 0 aliphatic heterocycles. The highest BCUT2D eigenvalue weighted by Gasteiger charge is 2.30. The van der Waals surface area contributed by atoms with Crippen molar-refractivity contribution in [2.75, 3.05) is 6.61 Å². The largest absolute Gasteiger partial charge is 0.492 e. The molecule has 26 heavy (non-hydrogen) atoms. The maximum absolute atomic E-state index is 12.4. The monoisotopic (exact) mass is 358 g/mol. The lowest BCUT2D eigenvalue weighted by molar-refractivity contribution is 0.0649. The summed E-state index contributed by atoms with van der Waals surface area (Å²) in [6, 6.07) is 3.39. The van der Waals surface area contributed by atoms with Crippen LogP contribution in [0.5, 0.6) is 5.75 Å². The summed E-state index contributed by atoms with van der Waals surface area (Å²) in [5.74, 6) is -5.58. The van der Waals surface area contributed by atoms with Gasteiger partial charge in [-0.15, -0.1) is 0 Å². The molecule has 8 nitrogen and oxygen atoms in total. The third-order valence-corrected chi connectivity index (χ3v) is 3.66. The molecule has 0 aliphatic rings. The van der Waals surface area contributed by atoms with E-state index >= 15 is 0 Å². The van der Waals surface area contributed by atoms with E-state index in [1.165, 1.54) is 6.92 Å². The molecule has 0 aliphatic carbocycles. The predicted molar refractivity (Wildman–Crippen MR) is 90.5 cm³/mol. The molecule has 2 rings (SSSR count). The Balaban J connectivity index is 3.20. The van der Waals surface area contributed by atoms with Crippen molar-refractivity contribution in [3.05, 3.63) is 53.1 Å². The number of carbonyl (C=O) groups excluding carboxylic acids is 1. The van der Waals surface area contributed by atoms with Crippen LogP contribution >= 0.6 is 0 Å². The maximum atomic E-state index is 12.4. The molecule has 0 saturated carbocycles. The van der Waals surface area contributed by atoms with Crippen LogP contribution in [-0.2, 0) is 0 Å². The fraction of sp³-hybridized carbons (Fsp3) is 0.111. The number of rotatable bonds is 7. The van der Waals surface area contributed by atoms with Crippen molar-refractivity contribution >= 4 is 34.5 Å². The molecule has 0 spiro atoms. The Kier molecular flexibility index (Phi) is 5.06. The van der Waals surface area contributed by atoms with E-state index in [-0.39, 0.29) is 28.5 Å². The molecule has 2 aromatic carbocycles. The predicted octanol–water partition coefficient (Wildman–Crippen LogP) is 2.70. The van der Waals surface area contributed by atoms with Crippen molar-refractivity contribution in [3.8, 4) is 5.75 Å². The van der Waals surface area contributed by atoms with Gasteiger partial charge in [0, 0.05) is 0 Å². The van der Waals surface area contributed by atoms with Gasteiger partial charge in [0.25, 0.3) is 0 Å². The van der Waals surface area contributed by atoms with Gasteiger partial charge in [-0.25, -0.2) is 14.4 Å². The topological polar surface area (TPSA) is 138 Å². The SMILES string of the molecule is C=CC(=O)c1c(OCC)c(C(=O)O)c(C(=O)O)c2ccc(C(=O)O)cc12. The van der Waals surface area contributed by atoms with Crippen LogP contribution in [0.4, 0.5) is 0 Å². The van der Waals surface area contributed by atoms with Gasteiger partial charge in [0.05, 0.1) is 23.3 Å². The molecule has 0 heterocycles. The van der Waals surface area contributed by atoms with Crippen molar-refractivity contribution in [1.29, 1.82) is 0 Å². The van der Waals surface area contributed by atoms with Gasteiger partial charge in [0.2, 0.25) is 0 Å². The van der Waals surface area contributed by atoms with E-state index in [9.17, 15) is 34.5 Å². The smallest absolute Gasteiger partial charge is 0.340 e. The number of aromatic carboxylic acids is 3. The zero-order chi connectivity index (χ0) is 19.6. The molecule has 134 valence electrons. The second-order valence-corrected chi connectivity index (χ2v) is 5.13. The lowest BCUT2D eigenvalue weighted by Gasteiger charge is -2.17. The third-order valence-electron chi connectivity index (χ3n) is 3.66. The van der Waals surface area contributed by atoms with Crippen LogP contribution in [0.15, 0.2) is 30.9 Å². The fourth-order valence-electron chi connectivity index (χ4n) is 2.66. The van der Waals surface area contributed by atoms with Gasteiger partial charge in [-0.05, 0) is 35.9 Å². The Hall–Kier alpha value is -3.68.